The quantitative estimate of drug-likeness (QED) is 0.834. The van der Waals surface area contributed by atoms with Crippen molar-refractivity contribution in [1.29, 1.82) is 0 Å². The van der Waals surface area contributed by atoms with Crippen LogP contribution in [0.3, 0.4) is 0 Å². The van der Waals surface area contributed by atoms with Crippen LogP contribution in [0, 0.1) is 0 Å². The van der Waals surface area contributed by atoms with Gasteiger partial charge in [0.2, 0.25) is 5.95 Å². The first-order valence-electron chi connectivity index (χ1n) is 5.83. The van der Waals surface area contributed by atoms with Crippen molar-refractivity contribution in [3.05, 3.63) is 41.0 Å². The van der Waals surface area contributed by atoms with Crippen molar-refractivity contribution >= 4 is 21.9 Å². The Morgan fingerprint density at radius 1 is 1.22 bits per heavy atom. The number of hydrogen-bond donors (Lipinski definition) is 2. The third kappa shape index (κ3) is 3.27. The Balaban J connectivity index is 2.19. The molecule has 0 saturated heterocycles. The Morgan fingerprint density at radius 3 is 2.83 bits per heavy atom. The van der Waals surface area contributed by atoms with Gasteiger partial charge in [-0.2, -0.15) is 0 Å². The molecule has 18 heavy (non-hydrogen) atoms. The molecule has 0 aliphatic carbocycles. The van der Waals surface area contributed by atoms with Gasteiger partial charge in [-0.05, 0) is 25.1 Å². The number of aromatic nitrogens is 2. The van der Waals surface area contributed by atoms with Crippen LogP contribution in [-0.4, -0.2) is 23.1 Å². The maximum absolute atomic E-state index is 5.45. The molecule has 0 amide bonds. The normalized spacial score (nSPS) is 10.3. The molecule has 1 aromatic carbocycles. The Bertz CT molecular complexity index is 516. The highest BCUT2D eigenvalue weighted by Gasteiger charge is 2.04. The lowest BCUT2D eigenvalue weighted by Gasteiger charge is -2.07. The highest BCUT2D eigenvalue weighted by atomic mass is 79.9. The van der Waals surface area contributed by atoms with Crippen LogP contribution >= 0.6 is 15.9 Å². The number of halogens is 1. The van der Waals surface area contributed by atoms with Gasteiger partial charge in [-0.25, -0.2) is 9.97 Å². The number of rotatable bonds is 5. The average Bonchev–Trinajstić information content (AvgIpc) is 2.40. The lowest BCUT2D eigenvalue weighted by molar-refractivity contribution is 0.864. The summed E-state index contributed by atoms with van der Waals surface area (Å²) >= 11 is 3.52. The molecule has 0 atom stereocenters. The Labute approximate surface area is 115 Å². The number of nitrogens with one attached hydrogen (secondary N) is 1. The minimum Gasteiger partial charge on any atom is -0.354 e. The number of benzene rings is 1. The van der Waals surface area contributed by atoms with Crippen molar-refractivity contribution in [3.8, 4) is 11.3 Å². The van der Waals surface area contributed by atoms with Crippen molar-refractivity contribution in [2.24, 2.45) is 5.73 Å². The molecule has 4 nitrogen and oxygen atoms in total. The molecule has 1 heterocycles. The molecular weight excluding hydrogens is 292 g/mol. The molecule has 0 unspecified atom stereocenters. The molecule has 0 saturated carbocycles. The Morgan fingerprint density at radius 2 is 2.06 bits per heavy atom. The summed E-state index contributed by atoms with van der Waals surface area (Å²) < 4.78 is 1.02. The fourth-order valence-electron chi connectivity index (χ4n) is 1.57. The van der Waals surface area contributed by atoms with Crippen molar-refractivity contribution in [3.63, 3.8) is 0 Å². The van der Waals surface area contributed by atoms with Crippen LogP contribution in [0.15, 0.2) is 41.0 Å². The fraction of sp³-hybridized carbons (Fsp3) is 0.231. The molecule has 1 aromatic heterocycles. The van der Waals surface area contributed by atoms with Crippen LogP contribution in [0.25, 0.3) is 11.3 Å². The summed E-state index contributed by atoms with van der Waals surface area (Å²) in [5.41, 5.74) is 7.40. The van der Waals surface area contributed by atoms with E-state index in [1.807, 2.05) is 30.3 Å². The highest BCUT2D eigenvalue weighted by Crippen LogP contribution is 2.26. The molecule has 0 aliphatic heterocycles. The molecule has 3 N–H and O–H groups in total. The lowest BCUT2D eigenvalue weighted by atomic mass is 10.1. The van der Waals surface area contributed by atoms with Gasteiger partial charge < -0.3 is 11.1 Å². The van der Waals surface area contributed by atoms with Crippen molar-refractivity contribution in [2.45, 2.75) is 6.42 Å². The maximum atomic E-state index is 5.45. The van der Waals surface area contributed by atoms with E-state index in [2.05, 4.69) is 31.2 Å². The first-order valence-corrected chi connectivity index (χ1v) is 6.62. The van der Waals surface area contributed by atoms with Crippen molar-refractivity contribution in [1.82, 2.24) is 9.97 Å². The standard InChI is InChI=1S/C13H15BrN4/c14-11-5-2-1-4-10(11)12-6-9-17-13(18-12)16-8-3-7-15/h1-2,4-6,9H,3,7-8,15H2,(H,16,17,18). The monoisotopic (exact) mass is 306 g/mol. The van der Waals surface area contributed by atoms with Gasteiger partial charge in [-0.3, -0.25) is 0 Å². The third-order valence-electron chi connectivity index (χ3n) is 2.47. The zero-order chi connectivity index (χ0) is 12.8. The Kier molecular flexibility index (Phi) is 4.66. The largest absolute Gasteiger partial charge is 0.354 e. The Hall–Kier alpha value is -1.46. The van der Waals surface area contributed by atoms with Gasteiger partial charge in [0.25, 0.3) is 0 Å². The van der Waals surface area contributed by atoms with E-state index in [0.717, 1.165) is 28.7 Å². The van der Waals surface area contributed by atoms with Gasteiger partial charge in [-0.15, -0.1) is 0 Å². The second-order valence-electron chi connectivity index (χ2n) is 3.81. The molecule has 5 heteroatoms. The summed E-state index contributed by atoms with van der Waals surface area (Å²) in [6.45, 7) is 1.45. The van der Waals surface area contributed by atoms with E-state index in [0.29, 0.717) is 12.5 Å². The fourth-order valence-corrected chi connectivity index (χ4v) is 2.05. The van der Waals surface area contributed by atoms with Gasteiger partial charge >= 0.3 is 0 Å². The van der Waals surface area contributed by atoms with Crippen LogP contribution in [0.5, 0.6) is 0 Å². The predicted octanol–water partition coefficient (Wildman–Crippen LogP) is 2.67. The van der Waals surface area contributed by atoms with E-state index in [1.54, 1.807) is 6.20 Å². The van der Waals surface area contributed by atoms with Crippen LogP contribution in [0.1, 0.15) is 6.42 Å². The van der Waals surface area contributed by atoms with E-state index in [1.165, 1.54) is 0 Å². The van der Waals surface area contributed by atoms with E-state index >= 15 is 0 Å². The van der Waals surface area contributed by atoms with Crippen LogP contribution in [-0.2, 0) is 0 Å². The van der Waals surface area contributed by atoms with Crippen LogP contribution < -0.4 is 11.1 Å². The zero-order valence-electron chi connectivity index (χ0n) is 9.94. The van der Waals surface area contributed by atoms with E-state index in [9.17, 15) is 0 Å². The number of hydrogen-bond acceptors (Lipinski definition) is 4. The average molecular weight is 307 g/mol. The minimum atomic E-state index is 0.636. The van der Waals surface area contributed by atoms with Gasteiger partial charge in [-0.1, -0.05) is 34.1 Å². The summed E-state index contributed by atoms with van der Waals surface area (Å²) in [6.07, 6.45) is 2.66. The third-order valence-corrected chi connectivity index (χ3v) is 3.16. The summed E-state index contributed by atoms with van der Waals surface area (Å²) in [4.78, 5) is 8.67. The van der Waals surface area contributed by atoms with Gasteiger partial charge in [0, 0.05) is 22.8 Å². The molecular formula is C13H15BrN4. The molecule has 2 aromatic rings. The molecule has 0 fully saturated rings. The van der Waals surface area contributed by atoms with E-state index in [-0.39, 0.29) is 0 Å². The molecule has 0 radical (unpaired) electrons. The van der Waals surface area contributed by atoms with Gasteiger partial charge in [0.15, 0.2) is 0 Å². The number of nitrogens with zero attached hydrogens (tertiary/aromatic N) is 2. The van der Waals surface area contributed by atoms with Crippen molar-refractivity contribution < 1.29 is 0 Å². The molecule has 0 spiro atoms. The molecule has 94 valence electrons. The second-order valence-corrected chi connectivity index (χ2v) is 4.67. The minimum absolute atomic E-state index is 0.636. The molecule has 0 bridgehead atoms. The topological polar surface area (TPSA) is 63.8 Å². The van der Waals surface area contributed by atoms with E-state index in [4.69, 9.17) is 5.73 Å². The van der Waals surface area contributed by atoms with E-state index < -0.39 is 0 Å². The molecule has 2 rings (SSSR count). The van der Waals surface area contributed by atoms with Gasteiger partial charge in [0.05, 0.1) is 5.69 Å². The number of nitrogens with two attached hydrogens (primary N) is 1. The van der Waals surface area contributed by atoms with Crippen LogP contribution in [0.2, 0.25) is 0 Å². The highest BCUT2D eigenvalue weighted by molar-refractivity contribution is 9.10. The summed E-state index contributed by atoms with van der Waals surface area (Å²) in [6, 6.07) is 9.89. The summed E-state index contributed by atoms with van der Waals surface area (Å²) in [7, 11) is 0. The van der Waals surface area contributed by atoms with Crippen LogP contribution in [0.4, 0.5) is 5.95 Å². The lowest BCUT2D eigenvalue weighted by Crippen LogP contribution is -2.10. The first-order chi connectivity index (χ1) is 8.81. The first kappa shape index (κ1) is 13.0. The maximum Gasteiger partial charge on any atom is 0.223 e. The zero-order valence-corrected chi connectivity index (χ0v) is 11.5. The number of anilines is 1. The summed E-state index contributed by atoms with van der Waals surface area (Å²) in [5.74, 6) is 0.636. The smallest absolute Gasteiger partial charge is 0.223 e. The second kappa shape index (κ2) is 6.47. The molecule has 0 aliphatic rings. The van der Waals surface area contributed by atoms with Crippen molar-refractivity contribution in [2.75, 3.05) is 18.4 Å². The SMILES string of the molecule is NCCCNc1nccc(-c2ccccc2Br)n1. The predicted molar refractivity (Wildman–Crippen MR) is 77.3 cm³/mol. The summed E-state index contributed by atoms with van der Waals surface area (Å²) in [5, 5.41) is 3.16. The van der Waals surface area contributed by atoms with Gasteiger partial charge in [0.1, 0.15) is 0 Å².